The second-order valence-corrected chi connectivity index (χ2v) is 5.74. The Bertz CT molecular complexity index is 542. The van der Waals surface area contributed by atoms with Crippen LogP contribution in [0.3, 0.4) is 0 Å². The summed E-state index contributed by atoms with van der Waals surface area (Å²) in [7, 11) is 0. The van der Waals surface area contributed by atoms with Crippen LogP contribution in [0.15, 0.2) is 52.4 Å². The second-order valence-electron chi connectivity index (χ2n) is 4.63. The van der Waals surface area contributed by atoms with Crippen LogP contribution in [0.5, 0.6) is 0 Å². The number of aromatic nitrogens is 1. The van der Waals surface area contributed by atoms with Gasteiger partial charge in [-0.15, -0.1) is 0 Å². The molecule has 0 saturated heterocycles. The van der Waals surface area contributed by atoms with Gasteiger partial charge in [-0.3, -0.25) is 4.98 Å². The molecule has 0 aliphatic rings. The summed E-state index contributed by atoms with van der Waals surface area (Å²) in [6.07, 6.45) is 2.90. The van der Waals surface area contributed by atoms with Gasteiger partial charge in [0.2, 0.25) is 0 Å². The summed E-state index contributed by atoms with van der Waals surface area (Å²) in [6.45, 7) is 5.22. The lowest BCUT2D eigenvalue weighted by Crippen LogP contribution is -2.20. The molecule has 0 spiro atoms. The van der Waals surface area contributed by atoms with Crippen LogP contribution in [0.4, 0.5) is 4.39 Å². The Morgan fingerprint density at radius 2 is 2.05 bits per heavy atom. The predicted octanol–water partition coefficient (Wildman–Crippen LogP) is 4.43. The quantitative estimate of drug-likeness (QED) is 0.851. The normalized spacial score (nSPS) is 12.3. The lowest BCUT2D eigenvalue weighted by atomic mass is 10.2. The van der Waals surface area contributed by atoms with Gasteiger partial charge in [0.15, 0.2) is 0 Å². The van der Waals surface area contributed by atoms with Crippen LogP contribution in [-0.2, 0) is 0 Å². The zero-order valence-electron chi connectivity index (χ0n) is 11.8. The summed E-state index contributed by atoms with van der Waals surface area (Å²) in [5.74, 6) is -0.195. The molecule has 106 valence electrons. The van der Waals surface area contributed by atoms with Crippen LogP contribution in [0, 0.1) is 5.82 Å². The van der Waals surface area contributed by atoms with Crippen LogP contribution < -0.4 is 5.32 Å². The third-order valence-corrected chi connectivity index (χ3v) is 4.00. The van der Waals surface area contributed by atoms with Crippen molar-refractivity contribution in [3.63, 3.8) is 0 Å². The summed E-state index contributed by atoms with van der Waals surface area (Å²) in [4.78, 5) is 6.02. The summed E-state index contributed by atoms with van der Waals surface area (Å²) in [5, 5.41) is 3.40. The summed E-state index contributed by atoms with van der Waals surface area (Å²) in [6, 6.07) is 11.0. The first-order valence-electron chi connectivity index (χ1n) is 6.82. The molecule has 2 nitrogen and oxygen atoms in total. The van der Waals surface area contributed by atoms with Crippen molar-refractivity contribution < 1.29 is 4.39 Å². The van der Waals surface area contributed by atoms with Gasteiger partial charge in [0, 0.05) is 22.0 Å². The van der Waals surface area contributed by atoms with Crippen LogP contribution >= 0.6 is 11.8 Å². The van der Waals surface area contributed by atoms with Crippen molar-refractivity contribution >= 4 is 11.8 Å². The maximum absolute atomic E-state index is 13.6. The molecule has 0 saturated carbocycles. The van der Waals surface area contributed by atoms with Crippen LogP contribution in [-0.4, -0.2) is 11.5 Å². The highest BCUT2D eigenvalue weighted by molar-refractivity contribution is 7.99. The third-order valence-electron chi connectivity index (χ3n) is 2.97. The molecule has 1 N–H and O–H groups in total. The van der Waals surface area contributed by atoms with E-state index in [1.165, 1.54) is 17.8 Å². The summed E-state index contributed by atoms with van der Waals surface area (Å²) in [5.41, 5.74) is 1.01. The van der Waals surface area contributed by atoms with E-state index >= 15 is 0 Å². The topological polar surface area (TPSA) is 24.9 Å². The molecule has 20 heavy (non-hydrogen) atoms. The van der Waals surface area contributed by atoms with E-state index in [0.29, 0.717) is 4.90 Å². The Morgan fingerprint density at radius 3 is 2.70 bits per heavy atom. The largest absolute Gasteiger partial charge is 0.309 e. The van der Waals surface area contributed by atoms with E-state index in [1.54, 1.807) is 18.3 Å². The number of halogens is 1. The van der Waals surface area contributed by atoms with Crippen LogP contribution in [0.25, 0.3) is 0 Å². The molecular formula is C16H19FN2S. The average Bonchev–Trinajstić information content (AvgIpc) is 2.48. The van der Waals surface area contributed by atoms with Gasteiger partial charge < -0.3 is 5.32 Å². The highest BCUT2D eigenvalue weighted by Crippen LogP contribution is 2.29. The van der Waals surface area contributed by atoms with E-state index in [0.717, 1.165) is 23.6 Å². The van der Waals surface area contributed by atoms with E-state index < -0.39 is 0 Å². The van der Waals surface area contributed by atoms with Gasteiger partial charge in [0.25, 0.3) is 0 Å². The van der Waals surface area contributed by atoms with Gasteiger partial charge in [0.1, 0.15) is 5.82 Å². The number of nitrogens with one attached hydrogen (secondary N) is 1. The molecule has 0 amide bonds. The van der Waals surface area contributed by atoms with Gasteiger partial charge in [-0.05, 0) is 44.2 Å². The molecule has 1 atom stereocenters. The lowest BCUT2D eigenvalue weighted by Gasteiger charge is -2.12. The Kier molecular flexibility index (Phi) is 5.56. The minimum absolute atomic E-state index is 0.195. The third kappa shape index (κ3) is 4.05. The molecule has 1 aromatic carbocycles. The van der Waals surface area contributed by atoms with Crippen molar-refractivity contribution in [2.45, 2.75) is 36.1 Å². The SMILES string of the molecule is CCCNC(C)c1ccc(Sc2ccccc2F)cn1. The van der Waals surface area contributed by atoms with Gasteiger partial charge in [-0.25, -0.2) is 4.39 Å². The molecular weight excluding hydrogens is 271 g/mol. The first-order chi connectivity index (χ1) is 9.70. The van der Waals surface area contributed by atoms with Crippen molar-refractivity contribution in [2.75, 3.05) is 6.54 Å². The molecule has 2 rings (SSSR count). The Labute approximate surface area is 123 Å². The van der Waals surface area contributed by atoms with E-state index in [9.17, 15) is 4.39 Å². The van der Waals surface area contributed by atoms with Crippen molar-refractivity contribution in [2.24, 2.45) is 0 Å². The fourth-order valence-electron chi connectivity index (χ4n) is 1.83. The Balaban J connectivity index is 2.03. The molecule has 0 fully saturated rings. The maximum Gasteiger partial charge on any atom is 0.137 e. The van der Waals surface area contributed by atoms with E-state index in [4.69, 9.17) is 0 Å². The summed E-state index contributed by atoms with van der Waals surface area (Å²) >= 11 is 1.39. The maximum atomic E-state index is 13.6. The van der Waals surface area contributed by atoms with Crippen LogP contribution in [0.2, 0.25) is 0 Å². The Morgan fingerprint density at radius 1 is 1.25 bits per heavy atom. The van der Waals surface area contributed by atoms with Crippen molar-refractivity contribution in [3.05, 3.63) is 54.1 Å². The zero-order valence-corrected chi connectivity index (χ0v) is 12.6. The van der Waals surface area contributed by atoms with Gasteiger partial charge in [-0.1, -0.05) is 30.8 Å². The van der Waals surface area contributed by atoms with Crippen molar-refractivity contribution in [3.8, 4) is 0 Å². The van der Waals surface area contributed by atoms with Gasteiger partial charge >= 0.3 is 0 Å². The molecule has 0 aliphatic heterocycles. The molecule has 1 aromatic heterocycles. The standard InChI is InChI=1S/C16H19FN2S/c1-3-10-18-12(2)15-9-8-13(11-19-15)20-16-7-5-4-6-14(16)17/h4-9,11-12,18H,3,10H2,1-2H3. The highest BCUT2D eigenvalue weighted by atomic mass is 32.2. The predicted molar refractivity (Wildman–Crippen MR) is 81.5 cm³/mol. The smallest absolute Gasteiger partial charge is 0.137 e. The highest BCUT2D eigenvalue weighted by Gasteiger charge is 2.07. The number of hydrogen-bond acceptors (Lipinski definition) is 3. The van der Waals surface area contributed by atoms with E-state index in [1.807, 2.05) is 18.2 Å². The average molecular weight is 290 g/mol. The monoisotopic (exact) mass is 290 g/mol. The fraction of sp³-hybridized carbons (Fsp3) is 0.312. The first-order valence-corrected chi connectivity index (χ1v) is 7.64. The molecule has 0 aliphatic carbocycles. The molecule has 2 aromatic rings. The number of nitrogens with zero attached hydrogens (tertiary/aromatic N) is 1. The molecule has 1 unspecified atom stereocenters. The number of rotatable bonds is 6. The number of hydrogen-bond donors (Lipinski definition) is 1. The minimum atomic E-state index is -0.195. The molecule has 1 heterocycles. The fourth-order valence-corrected chi connectivity index (χ4v) is 2.64. The van der Waals surface area contributed by atoms with Crippen molar-refractivity contribution in [1.82, 2.24) is 10.3 Å². The van der Waals surface area contributed by atoms with E-state index in [2.05, 4.69) is 24.1 Å². The van der Waals surface area contributed by atoms with Crippen LogP contribution in [0.1, 0.15) is 32.0 Å². The number of pyridine rings is 1. The molecule has 4 heteroatoms. The number of benzene rings is 1. The van der Waals surface area contributed by atoms with Gasteiger partial charge in [0.05, 0.1) is 5.69 Å². The molecule has 0 radical (unpaired) electrons. The first kappa shape index (κ1) is 15.0. The Hall–Kier alpha value is -1.39. The minimum Gasteiger partial charge on any atom is -0.309 e. The summed E-state index contributed by atoms with van der Waals surface area (Å²) < 4.78 is 13.6. The lowest BCUT2D eigenvalue weighted by molar-refractivity contribution is 0.558. The molecule has 0 bridgehead atoms. The second kappa shape index (κ2) is 7.41. The zero-order chi connectivity index (χ0) is 14.4. The van der Waals surface area contributed by atoms with E-state index in [-0.39, 0.29) is 11.9 Å². The van der Waals surface area contributed by atoms with Gasteiger partial charge in [-0.2, -0.15) is 0 Å². The van der Waals surface area contributed by atoms with Crippen molar-refractivity contribution in [1.29, 1.82) is 0 Å².